The van der Waals surface area contributed by atoms with Crippen LogP contribution in [-0.4, -0.2) is 53.3 Å². The van der Waals surface area contributed by atoms with Gasteiger partial charge in [-0.05, 0) is 47.7 Å². The van der Waals surface area contributed by atoms with E-state index in [1.807, 2.05) is 17.5 Å². The average molecular weight is 534 g/mol. The summed E-state index contributed by atoms with van der Waals surface area (Å²) in [6, 6.07) is 13.5. The van der Waals surface area contributed by atoms with E-state index in [1.165, 1.54) is 47.6 Å². The first-order chi connectivity index (χ1) is 17.3. The minimum atomic E-state index is -0.662. The van der Waals surface area contributed by atoms with E-state index in [0.717, 1.165) is 16.5 Å². The Morgan fingerprint density at radius 2 is 1.86 bits per heavy atom. The van der Waals surface area contributed by atoms with Crippen molar-refractivity contribution >= 4 is 40.4 Å². The zero-order chi connectivity index (χ0) is 26.1. The quantitative estimate of drug-likeness (QED) is 0.182. The van der Waals surface area contributed by atoms with Gasteiger partial charge in [-0.15, -0.1) is 11.3 Å². The highest BCUT2D eigenvalue weighted by Crippen LogP contribution is 2.26. The van der Waals surface area contributed by atoms with Crippen molar-refractivity contribution in [2.45, 2.75) is 19.5 Å². The summed E-state index contributed by atoms with van der Waals surface area (Å²) in [7, 11) is 1.53. The van der Waals surface area contributed by atoms with Gasteiger partial charge in [0, 0.05) is 43.3 Å². The number of hydrogen-bond donors (Lipinski definition) is 0. The lowest BCUT2D eigenvalue weighted by atomic mass is 10.1. The van der Waals surface area contributed by atoms with Gasteiger partial charge in [0.15, 0.2) is 0 Å². The SMILES string of the molecule is COCCCN(CC(=O)N(Cc1ccc(F)cc1)Cc1cccs1)C(=O)c1ccc(Cl)c([N+](=O)[O-])c1. The van der Waals surface area contributed by atoms with E-state index in [0.29, 0.717) is 19.6 Å². The number of nitrogens with zero attached hydrogens (tertiary/aromatic N) is 3. The molecule has 36 heavy (non-hydrogen) atoms. The van der Waals surface area contributed by atoms with Gasteiger partial charge in [-0.2, -0.15) is 0 Å². The largest absolute Gasteiger partial charge is 0.385 e. The Hall–Kier alpha value is -3.34. The van der Waals surface area contributed by atoms with E-state index in [9.17, 15) is 24.1 Å². The molecular weight excluding hydrogens is 509 g/mol. The normalized spacial score (nSPS) is 10.8. The molecule has 0 unspecified atom stereocenters. The van der Waals surface area contributed by atoms with Crippen molar-refractivity contribution in [3.05, 3.63) is 96.9 Å². The second kappa shape index (κ2) is 13.1. The molecule has 0 saturated carbocycles. The number of nitro groups is 1. The lowest BCUT2D eigenvalue weighted by molar-refractivity contribution is -0.384. The maximum absolute atomic E-state index is 13.5. The van der Waals surface area contributed by atoms with Crippen LogP contribution in [0.5, 0.6) is 0 Å². The van der Waals surface area contributed by atoms with Crippen LogP contribution >= 0.6 is 22.9 Å². The average Bonchev–Trinajstić information content (AvgIpc) is 3.37. The van der Waals surface area contributed by atoms with Crippen LogP contribution in [0.4, 0.5) is 10.1 Å². The van der Waals surface area contributed by atoms with Gasteiger partial charge in [-0.3, -0.25) is 19.7 Å². The van der Waals surface area contributed by atoms with Gasteiger partial charge < -0.3 is 14.5 Å². The maximum Gasteiger partial charge on any atom is 0.288 e. The fourth-order valence-corrected chi connectivity index (χ4v) is 4.42. The van der Waals surface area contributed by atoms with Gasteiger partial charge in [0.1, 0.15) is 17.4 Å². The molecule has 0 bridgehead atoms. The number of carbonyl (C=O) groups excluding carboxylic acids is 2. The monoisotopic (exact) mass is 533 g/mol. The molecule has 1 aromatic heterocycles. The number of carbonyl (C=O) groups is 2. The fourth-order valence-electron chi connectivity index (χ4n) is 3.52. The number of methoxy groups -OCH3 is 1. The van der Waals surface area contributed by atoms with Crippen LogP contribution in [0.15, 0.2) is 60.0 Å². The number of halogens is 2. The summed E-state index contributed by atoms with van der Waals surface area (Å²) in [4.78, 5) is 41.3. The highest BCUT2D eigenvalue weighted by molar-refractivity contribution is 7.09. The van der Waals surface area contributed by atoms with Gasteiger partial charge in [0.05, 0.1) is 11.5 Å². The van der Waals surface area contributed by atoms with Crippen LogP contribution < -0.4 is 0 Å². The summed E-state index contributed by atoms with van der Waals surface area (Å²) in [6.45, 7) is 0.876. The molecule has 8 nitrogen and oxygen atoms in total. The molecule has 0 spiro atoms. The molecule has 0 radical (unpaired) electrons. The Morgan fingerprint density at radius 1 is 1.11 bits per heavy atom. The number of nitro benzene ring substituents is 1. The number of hydrogen-bond acceptors (Lipinski definition) is 6. The fraction of sp³-hybridized carbons (Fsp3) is 0.280. The van der Waals surface area contributed by atoms with Gasteiger partial charge >= 0.3 is 0 Å². The Balaban J connectivity index is 1.84. The molecule has 2 amide bonds. The molecule has 0 aliphatic heterocycles. The lowest BCUT2D eigenvalue weighted by Crippen LogP contribution is -2.43. The number of thiophene rings is 1. The Labute approximate surface area is 217 Å². The van der Waals surface area contributed by atoms with Gasteiger partial charge in [0.25, 0.3) is 11.6 Å². The second-order valence-corrected chi connectivity index (χ2v) is 9.39. The van der Waals surface area contributed by atoms with Crippen LogP contribution in [0.3, 0.4) is 0 Å². The highest BCUT2D eigenvalue weighted by Gasteiger charge is 2.25. The van der Waals surface area contributed by atoms with Crippen molar-refractivity contribution in [3.63, 3.8) is 0 Å². The molecule has 1 heterocycles. The topological polar surface area (TPSA) is 93.0 Å². The lowest BCUT2D eigenvalue weighted by Gasteiger charge is -2.28. The molecule has 0 saturated heterocycles. The Bertz CT molecular complexity index is 1190. The van der Waals surface area contributed by atoms with Crippen molar-refractivity contribution < 1.29 is 23.6 Å². The van der Waals surface area contributed by atoms with E-state index in [-0.39, 0.29) is 47.6 Å². The van der Waals surface area contributed by atoms with Crippen LogP contribution in [0.2, 0.25) is 5.02 Å². The van der Waals surface area contributed by atoms with Crippen LogP contribution in [0, 0.1) is 15.9 Å². The number of ether oxygens (including phenoxy) is 1. The van der Waals surface area contributed by atoms with E-state index in [4.69, 9.17) is 16.3 Å². The van der Waals surface area contributed by atoms with E-state index in [2.05, 4.69) is 0 Å². The van der Waals surface area contributed by atoms with Crippen molar-refractivity contribution in [2.24, 2.45) is 0 Å². The molecule has 0 aliphatic carbocycles. The molecule has 0 atom stereocenters. The summed E-state index contributed by atoms with van der Waals surface area (Å²) in [5, 5.41) is 13.1. The summed E-state index contributed by atoms with van der Waals surface area (Å²) < 4.78 is 18.5. The van der Waals surface area contributed by atoms with Crippen molar-refractivity contribution in [1.29, 1.82) is 0 Å². The van der Waals surface area contributed by atoms with E-state index >= 15 is 0 Å². The minimum absolute atomic E-state index is 0.0552. The third kappa shape index (κ3) is 7.58. The Morgan fingerprint density at radius 3 is 2.50 bits per heavy atom. The molecule has 0 fully saturated rings. The summed E-state index contributed by atoms with van der Waals surface area (Å²) in [6.07, 6.45) is 0.466. The van der Waals surface area contributed by atoms with Gasteiger partial charge in [0.2, 0.25) is 5.91 Å². The molecule has 0 aliphatic rings. The van der Waals surface area contributed by atoms with Crippen LogP contribution in [0.1, 0.15) is 27.2 Å². The first-order valence-corrected chi connectivity index (χ1v) is 12.3. The Kier molecular flexibility index (Phi) is 9.92. The van der Waals surface area contributed by atoms with Crippen LogP contribution in [-0.2, 0) is 22.6 Å². The molecular formula is C25H25ClFN3O5S. The van der Waals surface area contributed by atoms with Crippen molar-refractivity contribution in [1.82, 2.24) is 9.80 Å². The molecule has 3 aromatic rings. The zero-order valence-corrected chi connectivity index (χ0v) is 21.1. The number of benzene rings is 2. The van der Waals surface area contributed by atoms with Crippen molar-refractivity contribution in [3.8, 4) is 0 Å². The standard InChI is InChI=1S/C25H25ClFN3O5S/c1-35-12-3-11-28(25(32)19-7-10-22(26)23(14-19)30(33)34)17-24(31)29(16-21-4-2-13-36-21)15-18-5-8-20(27)9-6-18/h2,4-10,13-14H,3,11-12,15-17H2,1H3. The van der Waals surface area contributed by atoms with E-state index in [1.54, 1.807) is 17.0 Å². The van der Waals surface area contributed by atoms with Gasteiger partial charge in [-0.1, -0.05) is 29.8 Å². The minimum Gasteiger partial charge on any atom is -0.385 e. The first-order valence-electron chi connectivity index (χ1n) is 11.0. The summed E-state index contributed by atoms with van der Waals surface area (Å²) >= 11 is 7.39. The molecule has 3 rings (SSSR count). The maximum atomic E-state index is 13.5. The molecule has 0 N–H and O–H groups in total. The third-order valence-corrected chi connectivity index (χ3v) is 6.53. The molecule has 11 heteroatoms. The van der Waals surface area contributed by atoms with Gasteiger partial charge in [-0.25, -0.2) is 4.39 Å². The van der Waals surface area contributed by atoms with Crippen LogP contribution in [0.25, 0.3) is 0 Å². The summed E-state index contributed by atoms with van der Waals surface area (Å²) in [5.74, 6) is -1.22. The third-order valence-electron chi connectivity index (χ3n) is 5.35. The van der Waals surface area contributed by atoms with E-state index < -0.39 is 10.8 Å². The predicted octanol–water partition coefficient (Wildman–Crippen LogP) is 5.16. The highest BCUT2D eigenvalue weighted by atomic mass is 35.5. The smallest absolute Gasteiger partial charge is 0.288 e. The molecule has 190 valence electrons. The summed E-state index contributed by atoms with van der Waals surface area (Å²) in [5.41, 5.74) is 0.410. The van der Waals surface area contributed by atoms with Crippen molar-refractivity contribution in [2.75, 3.05) is 26.8 Å². The zero-order valence-electron chi connectivity index (χ0n) is 19.6. The second-order valence-electron chi connectivity index (χ2n) is 7.95. The first kappa shape index (κ1) is 27.3. The number of rotatable bonds is 12. The molecule has 2 aromatic carbocycles. The number of amides is 2. The predicted molar refractivity (Wildman–Crippen MR) is 135 cm³/mol.